The van der Waals surface area contributed by atoms with E-state index in [-0.39, 0.29) is 6.07 Å². The highest BCUT2D eigenvalue weighted by atomic mass is 35.5. The van der Waals surface area contributed by atoms with Crippen LogP contribution < -0.4 is 4.74 Å². The molecule has 1 aromatic rings. The largest absolute Gasteiger partial charge is 0.475 e. The van der Waals surface area contributed by atoms with Crippen LogP contribution in [0.5, 0.6) is 5.75 Å². The zero-order valence-electron chi connectivity index (χ0n) is 5.05. The number of ether oxygens (including phenoxy) is 1. The molecule has 0 radical (unpaired) electrons. The summed E-state index contributed by atoms with van der Waals surface area (Å²) in [6, 6.07) is 3.52. The Hall–Kier alpha value is -0.470. The number of rotatable bonds is 2. The van der Waals surface area contributed by atoms with Crippen LogP contribution in [-0.4, -0.2) is 11.1 Å². The molecule has 0 bridgehead atoms. The number of alkyl halides is 1. The zero-order chi connectivity index (χ0) is 7.40. The lowest BCUT2D eigenvalue weighted by atomic mass is 10.5. The van der Waals surface area contributed by atoms with E-state index in [1.165, 1.54) is 0 Å². The molecular weight excluding hydrogens is 173 g/mol. The topological polar surface area (TPSA) is 22.1 Å². The van der Waals surface area contributed by atoms with Crippen molar-refractivity contribution >= 4 is 23.2 Å². The summed E-state index contributed by atoms with van der Waals surface area (Å²) in [5.41, 5.74) is 0. The Kier molecular flexibility index (Phi) is 2.78. The second-order valence-electron chi connectivity index (χ2n) is 1.55. The fourth-order valence-electron chi connectivity index (χ4n) is 0.538. The SMILES string of the molecule is ClCOc1cccnc1Cl. The van der Waals surface area contributed by atoms with Gasteiger partial charge in [0.15, 0.2) is 17.0 Å². The summed E-state index contributed by atoms with van der Waals surface area (Å²) in [5.74, 6) is 0.513. The number of pyridine rings is 1. The van der Waals surface area contributed by atoms with E-state index in [0.29, 0.717) is 10.9 Å². The van der Waals surface area contributed by atoms with Gasteiger partial charge in [-0.3, -0.25) is 0 Å². The van der Waals surface area contributed by atoms with Crippen molar-refractivity contribution in [3.05, 3.63) is 23.5 Å². The molecule has 2 nitrogen and oxygen atoms in total. The van der Waals surface area contributed by atoms with Crippen LogP contribution in [0.1, 0.15) is 0 Å². The van der Waals surface area contributed by atoms with Crippen molar-refractivity contribution in [2.45, 2.75) is 0 Å². The Balaban J connectivity index is 2.81. The molecule has 0 aliphatic rings. The van der Waals surface area contributed by atoms with Gasteiger partial charge < -0.3 is 4.74 Å². The first kappa shape index (κ1) is 7.63. The second kappa shape index (κ2) is 3.64. The standard InChI is InChI=1S/C6H5Cl2NO/c7-4-10-5-2-1-3-9-6(5)8/h1-3H,4H2. The van der Waals surface area contributed by atoms with Crippen LogP contribution in [0.2, 0.25) is 5.15 Å². The van der Waals surface area contributed by atoms with Crippen LogP contribution in [0.15, 0.2) is 18.3 Å². The molecule has 1 heterocycles. The molecule has 0 aliphatic heterocycles. The van der Waals surface area contributed by atoms with Crippen LogP contribution in [-0.2, 0) is 0 Å². The van der Waals surface area contributed by atoms with Gasteiger partial charge in [-0.15, -0.1) is 0 Å². The van der Waals surface area contributed by atoms with Gasteiger partial charge in [0.25, 0.3) is 0 Å². The van der Waals surface area contributed by atoms with E-state index < -0.39 is 0 Å². The number of nitrogens with zero attached hydrogens (tertiary/aromatic N) is 1. The van der Waals surface area contributed by atoms with Crippen molar-refractivity contribution in [1.29, 1.82) is 0 Å². The molecule has 0 unspecified atom stereocenters. The van der Waals surface area contributed by atoms with Gasteiger partial charge in [-0.25, -0.2) is 4.98 Å². The van der Waals surface area contributed by atoms with Crippen LogP contribution in [0.25, 0.3) is 0 Å². The minimum absolute atomic E-state index is 0.0887. The Morgan fingerprint density at radius 1 is 1.60 bits per heavy atom. The molecule has 4 heteroatoms. The molecule has 0 spiro atoms. The Morgan fingerprint density at radius 3 is 3.00 bits per heavy atom. The third kappa shape index (κ3) is 1.75. The summed E-state index contributed by atoms with van der Waals surface area (Å²) in [5, 5.41) is 0.336. The van der Waals surface area contributed by atoms with Gasteiger partial charge in [0.2, 0.25) is 0 Å². The Labute approximate surface area is 68.7 Å². The average Bonchev–Trinajstić information content (AvgIpc) is 1.94. The summed E-state index contributed by atoms with van der Waals surface area (Å²) >= 11 is 10.9. The normalized spacial score (nSPS) is 9.40. The van der Waals surface area contributed by atoms with Crippen LogP contribution in [0, 0.1) is 0 Å². The summed E-state index contributed by atoms with van der Waals surface area (Å²) in [7, 11) is 0. The highest BCUT2D eigenvalue weighted by Gasteiger charge is 1.97. The molecule has 0 amide bonds. The third-order valence-electron chi connectivity index (χ3n) is 0.935. The van der Waals surface area contributed by atoms with Gasteiger partial charge >= 0.3 is 0 Å². The molecule has 0 saturated carbocycles. The first-order chi connectivity index (χ1) is 4.84. The maximum atomic E-state index is 5.61. The third-order valence-corrected chi connectivity index (χ3v) is 1.33. The van der Waals surface area contributed by atoms with E-state index in [1.54, 1.807) is 18.3 Å². The van der Waals surface area contributed by atoms with Crippen LogP contribution >= 0.6 is 23.2 Å². The van der Waals surface area contributed by atoms with Crippen molar-refractivity contribution in [3.8, 4) is 5.75 Å². The molecular formula is C6H5Cl2NO. The lowest BCUT2D eigenvalue weighted by molar-refractivity contribution is 0.386. The maximum Gasteiger partial charge on any atom is 0.171 e. The summed E-state index contributed by atoms with van der Waals surface area (Å²) in [6.45, 7) is 0. The van der Waals surface area contributed by atoms with Gasteiger partial charge in [-0.2, -0.15) is 0 Å². The molecule has 1 aromatic heterocycles. The number of aromatic nitrogens is 1. The summed E-state index contributed by atoms with van der Waals surface area (Å²) < 4.78 is 4.91. The van der Waals surface area contributed by atoms with E-state index in [9.17, 15) is 0 Å². The Bertz CT molecular complexity index is 217. The summed E-state index contributed by atoms with van der Waals surface area (Å²) in [4.78, 5) is 3.78. The van der Waals surface area contributed by atoms with Crippen LogP contribution in [0.4, 0.5) is 0 Å². The zero-order valence-corrected chi connectivity index (χ0v) is 6.56. The van der Waals surface area contributed by atoms with Gasteiger partial charge in [-0.1, -0.05) is 23.2 Å². The predicted octanol–water partition coefficient (Wildman–Crippen LogP) is 2.31. The highest BCUT2D eigenvalue weighted by Crippen LogP contribution is 2.20. The molecule has 0 N–H and O–H groups in total. The molecule has 0 aromatic carbocycles. The van der Waals surface area contributed by atoms with Crippen molar-refractivity contribution < 1.29 is 4.74 Å². The molecule has 0 fully saturated rings. The fraction of sp³-hybridized carbons (Fsp3) is 0.167. The quantitative estimate of drug-likeness (QED) is 0.512. The number of hydrogen-bond donors (Lipinski definition) is 0. The molecule has 0 aliphatic carbocycles. The minimum Gasteiger partial charge on any atom is -0.475 e. The van der Waals surface area contributed by atoms with Gasteiger partial charge in [0.1, 0.15) is 0 Å². The molecule has 0 atom stereocenters. The first-order valence-electron chi connectivity index (χ1n) is 2.64. The van der Waals surface area contributed by atoms with Crippen molar-refractivity contribution in [2.75, 3.05) is 6.07 Å². The van der Waals surface area contributed by atoms with E-state index in [0.717, 1.165) is 0 Å². The van der Waals surface area contributed by atoms with Crippen molar-refractivity contribution in [1.82, 2.24) is 4.98 Å². The molecule has 0 saturated heterocycles. The van der Waals surface area contributed by atoms with Crippen molar-refractivity contribution in [2.24, 2.45) is 0 Å². The summed E-state index contributed by atoms with van der Waals surface area (Å²) in [6.07, 6.45) is 1.59. The van der Waals surface area contributed by atoms with E-state index in [1.807, 2.05) is 0 Å². The van der Waals surface area contributed by atoms with Crippen LogP contribution in [0.3, 0.4) is 0 Å². The van der Waals surface area contributed by atoms with Gasteiger partial charge in [0, 0.05) is 6.20 Å². The maximum absolute atomic E-state index is 5.61. The monoisotopic (exact) mass is 177 g/mol. The van der Waals surface area contributed by atoms with Crippen molar-refractivity contribution in [3.63, 3.8) is 0 Å². The van der Waals surface area contributed by atoms with E-state index >= 15 is 0 Å². The molecule has 54 valence electrons. The number of halogens is 2. The predicted molar refractivity (Wildman–Crippen MR) is 40.6 cm³/mol. The number of hydrogen-bond acceptors (Lipinski definition) is 2. The highest BCUT2D eigenvalue weighted by molar-refractivity contribution is 6.30. The van der Waals surface area contributed by atoms with Gasteiger partial charge in [0.05, 0.1) is 0 Å². The van der Waals surface area contributed by atoms with Gasteiger partial charge in [-0.05, 0) is 12.1 Å². The lowest BCUT2D eigenvalue weighted by Gasteiger charge is -2.00. The molecule has 10 heavy (non-hydrogen) atoms. The first-order valence-corrected chi connectivity index (χ1v) is 3.55. The lowest BCUT2D eigenvalue weighted by Crippen LogP contribution is -1.90. The van der Waals surface area contributed by atoms with E-state index in [2.05, 4.69) is 4.98 Å². The second-order valence-corrected chi connectivity index (χ2v) is 2.12. The molecule has 1 rings (SSSR count). The van der Waals surface area contributed by atoms with E-state index in [4.69, 9.17) is 27.9 Å². The Morgan fingerprint density at radius 2 is 2.40 bits per heavy atom. The average molecular weight is 178 g/mol. The smallest absolute Gasteiger partial charge is 0.171 e. The minimum atomic E-state index is 0.0887. The fourth-order valence-corrected chi connectivity index (χ4v) is 0.829.